The molecular weight excluding hydrogens is 452 g/mol. The molecule has 168 valence electrons. The van der Waals surface area contributed by atoms with Gasteiger partial charge in [0.1, 0.15) is 11.6 Å². The molecule has 7 nitrogen and oxygen atoms in total. The zero-order valence-corrected chi connectivity index (χ0v) is 19.7. The lowest BCUT2D eigenvalue weighted by atomic mass is 10.3. The van der Waals surface area contributed by atoms with Gasteiger partial charge in [-0.2, -0.15) is 5.10 Å². The lowest BCUT2D eigenvalue weighted by Crippen LogP contribution is -2.17. The van der Waals surface area contributed by atoms with Crippen molar-refractivity contribution in [3.63, 3.8) is 0 Å². The van der Waals surface area contributed by atoms with Crippen LogP contribution in [0.5, 0.6) is 0 Å². The second kappa shape index (κ2) is 8.79. The molecule has 1 N–H and O–H groups in total. The number of aromatic nitrogens is 5. The molecule has 0 atom stereocenters. The SMILES string of the molecule is O=C(CSc1nnc(Cc2cccs2)n1C1CC1)Nc1cc(C2CC2)nn1-c1ccccc1. The highest BCUT2D eigenvalue weighted by Crippen LogP contribution is 2.41. The van der Waals surface area contributed by atoms with Gasteiger partial charge in [0.15, 0.2) is 5.16 Å². The van der Waals surface area contributed by atoms with Crippen LogP contribution in [-0.2, 0) is 11.2 Å². The molecule has 0 spiro atoms. The number of nitrogens with zero attached hydrogens (tertiary/aromatic N) is 5. The molecule has 3 heterocycles. The number of benzene rings is 1. The summed E-state index contributed by atoms with van der Waals surface area (Å²) >= 11 is 3.19. The number of rotatable bonds is 9. The fourth-order valence-corrected chi connectivity index (χ4v) is 5.46. The van der Waals surface area contributed by atoms with Crippen LogP contribution in [0, 0.1) is 0 Å². The minimum absolute atomic E-state index is 0.0652. The van der Waals surface area contributed by atoms with Crippen molar-refractivity contribution < 1.29 is 4.79 Å². The van der Waals surface area contributed by atoms with Crippen LogP contribution in [0.3, 0.4) is 0 Å². The molecule has 0 radical (unpaired) electrons. The smallest absolute Gasteiger partial charge is 0.236 e. The summed E-state index contributed by atoms with van der Waals surface area (Å²) in [6, 6.07) is 16.6. The Bertz CT molecular complexity index is 1260. The lowest BCUT2D eigenvalue weighted by molar-refractivity contribution is -0.113. The zero-order chi connectivity index (χ0) is 22.2. The number of anilines is 1. The van der Waals surface area contributed by atoms with Gasteiger partial charge < -0.3 is 9.88 Å². The largest absolute Gasteiger partial charge is 0.310 e. The molecule has 6 rings (SSSR count). The Hall–Kier alpha value is -2.91. The fourth-order valence-electron chi connectivity index (χ4n) is 3.94. The molecule has 1 amide bonds. The Morgan fingerprint density at radius 3 is 2.67 bits per heavy atom. The highest BCUT2D eigenvalue weighted by molar-refractivity contribution is 7.99. The number of para-hydroxylation sites is 1. The summed E-state index contributed by atoms with van der Waals surface area (Å²) in [5.41, 5.74) is 1.99. The second-order valence-corrected chi connectivity index (χ2v) is 10.5. The van der Waals surface area contributed by atoms with E-state index in [1.54, 1.807) is 11.3 Å². The van der Waals surface area contributed by atoms with Gasteiger partial charge in [0.2, 0.25) is 5.91 Å². The third-order valence-corrected chi connectivity index (χ3v) is 7.70. The van der Waals surface area contributed by atoms with E-state index in [4.69, 9.17) is 5.10 Å². The van der Waals surface area contributed by atoms with Gasteiger partial charge in [-0.1, -0.05) is 36.0 Å². The van der Waals surface area contributed by atoms with E-state index < -0.39 is 0 Å². The van der Waals surface area contributed by atoms with Crippen LogP contribution in [-0.4, -0.2) is 36.2 Å². The van der Waals surface area contributed by atoms with E-state index >= 15 is 0 Å². The lowest BCUT2D eigenvalue weighted by Gasteiger charge is -2.10. The molecule has 0 bridgehead atoms. The van der Waals surface area contributed by atoms with Crippen molar-refractivity contribution in [2.24, 2.45) is 0 Å². The average molecular weight is 477 g/mol. The van der Waals surface area contributed by atoms with Crippen molar-refractivity contribution in [3.8, 4) is 5.69 Å². The molecule has 9 heteroatoms. The van der Waals surface area contributed by atoms with Crippen LogP contribution in [0.2, 0.25) is 0 Å². The summed E-state index contributed by atoms with van der Waals surface area (Å²) in [5, 5.41) is 19.6. The third kappa shape index (κ3) is 4.60. The summed E-state index contributed by atoms with van der Waals surface area (Å²) in [4.78, 5) is 14.2. The average Bonchev–Trinajstić information content (AvgIpc) is 3.73. The number of amides is 1. The van der Waals surface area contributed by atoms with Gasteiger partial charge in [-0.25, -0.2) is 4.68 Å². The minimum Gasteiger partial charge on any atom is -0.310 e. The van der Waals surface area contributed by atoms with Crippen LogP contribution >= 0.6 is 23.1 Å². The first-order valence-electron chi connectivity index (χ1n) is 11.3. The first-order valence-corrected chi connectivity index (χ1v) is 13.2. The monoisotopic (exact) mass is 476 g/mol. The van der Waals surface area contributed by atoms with Crippen LogP contribution < -0.4 is 5.32 Å². The van der Waals surface area contributed by atoms with Crippen molar-refractivity contribution in [1.82, 2.24) is 24.5 Å². The maximum atomic E-state index is 12.9. The molecule has 4 aromatic rings. The maximum absolute atomic E-state index is 12.9. The fraction of sp³-hybridized carbons (Fsp3) is 0.333. The first-order chi connectivity index (χ1) is 16.2. The number of carbonyl (C=O) groups excluding carboxylic acids is 1. The van der Waals surface area contributed by atoms with Gasteiger partial charge in [-0.15, -0.1) is 21.5 Å². The molecule has 1 aromatic carbocycles. The van der Waals surface area contributed by atoms with E-state index in [1.807, 2.05) is 41.1 Å². The van der Waals surface area contributed by atoms with Crippen molar-refractivity contribution in [1.29, 1.82) is 0 Å². The van der Waals surface area contributed by atoms with E-state index in [-0.39, 0.29) is 11.7 Å². The molecule has 0 unspecified atom stereocenters. The van der Waals surface area contributed by atoms with Crippen LogP contribution in [0.15, 0.2) is 59.1 Å². The van der Waals surface area contributed by atoms with Gasteiger partial charge in [-0.05, 0) is 49.3 Å². The number of nitrogens with one attached hydrogen (secondary N) is 1. The van der Waals surface area contributed by atoms with Gasteiger partial charge in [0.05, 0.1) is 17.1 Å². The first kappa shape index (κ1) is 20.7. The Morgan fingerprint density at radius 2 is 1.94 bits per heavy atom. The molecule has 0 aliphatic heterocycles. The highest BCUT2D eigenvalue weighted by Gasteiger charge is 2.30. The van der Waals surface area contributed by atoms with Crippen LogP contribution in [0.4, 0.5) is 5.82 Å². The normalized spacial score (nSPS) is 15.6. The summed E-state index contributed by atoms with van der Waals surface area (Å²) in [6.07, 6.45) is 5.42. The predicted molar refractivity (Wildman–Crippen MR) is 130 cm³/mol. The molecule has 2 saturated carbocycles. The second-order valence-electron chi connectivity index (χ2n) is 8.57. The number of thiophene rings is 1. The van der Waals surface area contributed by atoms with E-state index in [9.17, 15) is 4.79 Å². The number of carbonyl (C=O) groups is 1. The maximum Gasteiger partial charge on any atom is 0.236 e. The summed E-state index contributed by atoms with van der Waals surface area (Å²) in [5.74, 6) is 2.43. The molecule has 0 saturated heterocycles. The van der Waals surface area contributed by atoms with Crippen molar-refractivity contribution >= 4 is 34.8 Å². The quantitative estimate of drug-likeness (QED) is 0.342. The summed E-state index contributed by atoms with van der Waals surface area (Å²) in [6.45, 7) is 0. The van der Waals surface area contributed by atoms with Gasteiger partial charge in [0.25, 0.3) is 0 Å². The molecule has 2 fully saturated rings. The Balaban J connectivity index is 1.16. The standard InChI is InChI=1S/C24H24N6OS2/c31-23(25-21-14-20(16-8-9-16)28-30(21)18-5-2-1-3-6-18)15-33-24-27-26-22(29(24)17-10-11-17)13-19-7-4-12-32-19/h1-7,12,14,16-17H,8-11,13,15H2,(H,25,31). The van der Waals surface area contributed by atoms with Gasteiger partial charge in [0, 0.05) is 29.3 Å². The molecule has 2 aliphatic carbocycles. The molecule has 33 heavy (non-hydrogen) atoms. The minimum atomic E-state index is -0.0652. The van der Waals surface area contributed by atoms with Crippen LogP contribution in [0.1, 0.15) is 54.0 Å². The Kier molecular flexibility index (Phi) is 5.51. The molecular formula is C24H24N6OS2. The zero-order valence-electron chi connectivity index (χ0n) is 18.1. The van der Waals surface area contributed by atoms with E-state index in [0.29, 0.717) is 12.0 Å². The summed E-state index contributed by atoms with van der Waals surface area (Å²) in [7, 11) is 0. The highest BCUT2D eigenvalue weighted by atomic mass is 32.2. The van der Waals surface area contributed by atoms with Crippen LogP contribution in [0.25, 0.3) is 5.69 Å². The Morgan fingerprint density at radius 1 is 1.09 bits per heavy atom. The van der Waals surface area contributed by atoms with E-state index in [1.165, 1.54) is 29.5 Å². The molecule has 2 aliphatic rings. The van der Waals surface area contributed by atoms with Crippen molar-refractivity contribution in [2.45, 2.75) is 49.2 Å². The van der Waals surface area contributed by atoms with Crippen molar-refractivity contribution in [2.75, 3.05) is 11.1 Å². The van der Waals surface area contributed by atoms with E-state index in [2.05, 4.69) is 37.6 Å². The van der Waals surface area contributed by atoms with Gasteiger partial charge >= 0.3 is 0 Å². The topological polar surface area (TPSA) is 77.6 Å². The Labute approximate surface area is 200 Å². The molecule has 3 aromatic heterocycles. The number of hydrogen-bond acceptors (Lipinski definition) is 6. The van der Waals surface area contributed by atoms with Gasteiger partial charge in [-0.3, -0.25) is 4.79 Å². The predicted octanol–water partition coefficient (Wildman–Crippen LogP) is 5.06. The van der Waals surface area contributed by atoms with Crippen molar-refractivity contribution in [3.05, 3.63) is 70.3 Å². The summed E-state index contributed by atoms with van der Waals surface area (Å²) < 4.78 is 4.07. The number of hydrogen-bond donors (Lipinski definition) is 1. The third-order valence-electron chi connectivity index (χ3n) is 5.88. The number of thioether (sulfide) groups is 1. The van der Waals surface area contributed by atoms with E-state index in [0.717, 1.165) is 47.4 Å².